The average molecular weight is 322 g/mol. The summed E-state index contributed by atoms with van der Waals surface area (Å²) in [6.45, 7) is 4.18. The Morgan fingerprint density at radius 2 is 1.83 bits per heavy atom. The lowest BCUT2D eigenvalue weighted by Crippen LogP contribution is -2.42. The van der Waals surface area contributed by atoms with Crippen LogP contribution in [0.15, 0.2) is 48.5 Å². The van der Waals surface area contributed by atoms with E-state index in [0.717, 1.165) is 11.3 Å². The number of likely N-dealkylation sites (N-methyl/N-ethyl adjacent to an activating group) is 1. The molecule has 5 nitrogen and oxygen atoms in total. The van der Waals surface area contributed by atoms with E-state index in [0.29, 0.717) is 17.8 Å². The van der Waals surface area contributed by atoms with Crippen LogP contribution in [0.5, 0.6) is 0 Å². The molecule has 1 heterocycles. The number of Topliss-reactive ketones (excluding diaryl/α,β-unsaturated/α-hetero) is 1. The number of fused-ring (bicyclic) bond motifs is 1. The normalized spacial score (nSPS) is 13.2. The summed E-state index contributed by atoms with van der Waals surface area (Å²) in [7, 11) is 0. The quantitative estimate of drug-likeness (QED) is 0.813. The number of para-hydroxylation sites is 1. The number of carbonyl (C=O) groups is 3. The zero-order valence-electron chi connectivity index (χ0n) is 13.7. The van der Waals surface area contributed by atoms with E-state index in [1.165, 1.54) is 4.90 Å². The molecule has 0 spiro atoms. The van der Waals surface area contributed by atoms with Gasteiger partial charge in [0, 0.05) is 12.2 Å². The molecule has 2 aromatic carbocycles. The zero-order chi connectivity index (χ0) is 17.3. The third-order valence-electron chi connectivity index (χ3n) is 4.10. The molecule has 24 heavy (non-hydrogen) atoms. The molecule has 0 bridgehead atoms. The standard InChI is InChI=1S/C19H18N2O3/c1-3-20(14-8-6-7-13(2)11-14)17(22)12-21-16-10-5-4-9-15(16)18(23)19(21)24/h4-11H,3,12H2,1-2H3. The Bertz CT molecular complexity index is 829. The van der Waals surface area contributed by atoms with Gasteiger partial charge in [-0.25, -0.2) is 0 Å². The van der Waals surface area contributed by atoms with Crippen LogP contribution in [0.25, 0.3) is 0 Å². The molecule has 1 aliphatic rings. The number of benzene rings is 2. The molecule has 0 aliphatic carbocycles. The minimum absolute atomic E-state index is 0.149. The van der Waals surface area contributed by atoms with Gasteiger partial charge in [0.05, 0.1) is 11.3 Å². The van der Waals surface area contributed by atoms with Crippen molar-refractivity contribution in [2.24, 2.45) is 0 Å². The second-order valence-electron chi connectivity index (χ2n) is 5.71. The van der Waals surface area contributed by atoms with Gasteiger partial charge in [0.15, 0.2) is 0 Å². The van der Waals surface area contributed by atoms with E-state index in [-0.39, 0.29) is 12.5 Å². The lowest BCUT2D eigenvalue weighted by molar-refractivity contribution is -0.120. The van der Waals surface area contributed by atoms with Crippen LogP contribution in [0.1, 0.15) is 22.8 Å². The Labute approximate surface area is 140 Å². The fourth-order valence-electron chi connectivity index (χ4n) is 2.92. The first kappa shape index (κ1) is 15.9. The van der Waals surface area contributed by atoms with Crippen LogP contribution in [0.2, 0.25) is 0 Å². The minimum Gasteiger partial charge on any atom is -0.311 e. The third kappa shape index (κ3) is 2.69. The molecule has 0 unspecified atom stereocenters. The summed E-state index contributed by atoms with van der Waals surface area (Å²) in [5.41, 5.74) is 2.69. The fourth-order valence-corrected chi connectivity index (χ4v) is 2.92. The summed E-state index contributed by atoms with van der Waals surface area (Å²) in [4.78, 5) is 39.8. The van der Waals surface area contributed by atoms with Gasteiger partial charge in [-0.2, -0.15) is 0 Å². The van der Waals surface area contributed by atoms with E-state index in [4.69, 9.17) is 0 Å². The molecular weight excluding hydrogens is 304 g/mol. The Balaban J connectivity index is 1.86. The Morgan fingerprint density at radius 1 is 1.08 bits per heavy atom. The first-order valence-corrected chi connectivity index (χ1v) is 7.85. The van der Waals surface area contributed by atoms with Crippen molar-refractivity contribution in [2.45, 2.75) is 13.8 Å². The van der Waals surface area contributed by atoms with Crippen molar-refractivity contribution in [1.82, 2.24) is 0 Å². The summed E-state index contributed by atoms with van der Waals surface area (Å²) in [5, 5.41) is 0. The van der Waals surface area contributed by atoms with Crippen LogP contribution in [0.3, 0.4) is 0 Å². The van der Waals surface area contributed by atoms with Crippen molar-refractivity contribution >= 4 is 29.0 Å². The van der Waals surface area contributed by atoms with Crippen molar-refractivity contribution in [2.75, 3.05) is 22.9 Å². The van der Waals surface area contributed by atoms with Crippen LogP contribution in [-0.4, -0.2) is 30.7 Å². The molecule has 0 atom stereocenters. The number of rotatable bonds is 4. The van der Waals surface area contributed by atoms with Crippen LogP contribution in [0, 0.1) is 6.92 Å². The van der Waals surface area contributed by atoms with E-state index >= 15 is 0 Å². The number of anilines is 2. The van der Waals surface area contributed by atoms with Crippen molar-refractivity contribution in [1.29, 1.82) is 0 Å². The molecule has 0 radical (unpaired) electrons. The number of carbonyl (C=O) groups excluding carboxylic acids is 3. The smallest absolute Gasteiger partial charge is 0.299 e. The molecule has 0 saturated heterocycles. The number of nitrogens with zero attached hydrogens (tertiary/aromatic N) is 2. The summed E-state index contributed by atoms with van der Waals surface area (Å²) < 4.78 is 0. The van der Waals surface area contributed by atoms with E-state index in [1.807, 2.05) is 38.1 Å². The Hall–Kier alpha value is -2.95. The molecule has 2 aromatic rings. The first-order valence-electron chi connectivity index (χ1n) is 7.85. The van der Waals surface area contributed by atoms with Crippen molar-refractivity contribution in [3.8, 4) is 0 Å². The highest BCUT2D eigenvalue weighted by Gasteiger charge is 2.37. The maximum Gasteiger partial charge on any atom is 0.299 e. The topological polar surface area (TPSA) is 57.7 Å². The predicted molar refractivity (Wildman–Crippen MR) is 92.3 cm³/mol. The number of hydrogen-bond acceptors (Lipinski definition) is 3. The van der Waals surface area contributed by atoms with Crippen LogP contribution in [-0.2, 0) is 9.59 Å². The van der Waals surface area contributed by atoms with Crippen LogP contribution in [0.4, 0.5) is 11.4 Å². The summed E-state index contributed by atoms with van der Waals surface area (Å²) in [6, 6.07) is 14.4. The lowest BCUT2D eigenvalue weighted by atomic mass is 10.1. The van der Waals surface area contributed by atoms with Crippen LogP contribution < -0.4 is 9.80 Å². The molecule has 2 amide bonds. The van der Waals surface area contributed by atoms with Gasteiger partial charge >= 0.3 is 0 Å². The maximum atomic E-state index is 12.7. The fraction of sp³-hybridized carbons (Fsp3) is 0.211. The largest absolute Gasteiger partial charge is 0.311 e. The second kappa shape index (κ2) is 6.28. The summed E-state index contributed by atoms with van der Waals surface area (Å²) in [5.74, 6) is -1.43. The zero-order valence-corrected chi connectivity index (χ0v) is 13.7. The Morgan fingerprint density at radius 3 is 2.54 bits per heavy atom. The monoisotopic (exact) mass is 322 g/mol. The number of ketones is 1. The van der Waals surface area contributed by atoms with E-state index in [9.17, 15) is 14.4 Å². The molecular formula is C19H18N2O3. The summed E-state index contributed by atoms with van der Waals surface area (Å²) >= 11 is 0. The Kier molecular flexibility index (Phi) is 4.16. The van der Waals surface area contributed by atoms with Gasteiger partial charge in [-0.05, 0) is 43.7 Å². The number of hydrogen-bond donors (Lipinski definition) is 0. The minimum atomic E-state index is -0.648. The van der Waals surface area contributed by atoms with Crippen molar-refractivity contribution in [3.05, 3.63) is 59.7 Å². The van der Waals surface area contributed by atoms with Crippen molar-refractivity contribution < 1.29 is 14.4 Å². The highest BCUT2D eigenvalue weighted by Crippen LogP contribution is 2.28. The van der Waals surface area contributed by atoms with Crippen molar-refractivity contribution in [3.63, 3.8) is 0 Å². The SMILES string of the molecule is CCN(C(=O)CN1C(=O)C(=O)c2ccccc21)c1cccc(C)c1. The molecule has 0 aromatic heterocycles. The maximum absolute atomic E-state index is 12.7. The first-order chi connectivity index (χ1) is 11.5. The van der Waals surface area contributed by atoms with E-state index in [2.05, 4.69) is 0 Å². The number of amides is 2. The van der Waals surface area contributed by atoms with Gasteiger partial charge in [0.25, 0.3) is 11.7 Å². The molecule has 0 fully saturated rings. The second-order valence-corrected chi connectivity index (χ2v) is 5.71. The van der Waals surface area contributed by atoms with Gasteiger partial charge in [0.1, 0.15) is 6.54 Å². The molecule has 0 saturated carbocycles. The lowest BCUT2D eigenvalue weighted by Gasteiger charge is -2.24. The van der Waals surface area contributed by atoms with Crippen LogP contribution >= 0.6 is 0 Å². The van der Waals surface area contributed by atoms with Gasteiger partial charge in [-0.3, -0.25) is 19.3 Å². The van der Waals surface area contributed by atoms with Gasteiger partial charge in [-0.1, -0.05) is 24.3 Å². The summed E-state index contributed by atoms with van der Waals surface area (Å²) in [6.07, 6.45) is 0. The highest BCUT2D eigenvalue weighted by atomic mass is 16.2. The van der Waals surface area contributed by atoms with Gasteiger partial charge in [-0.15, -0.1) is 0 Å². The van der Waals surface area contributed by atoms with Gasteiger partial charge < -0.3 is 4.90 Å². The molecule has 3 rings (SSSR count). The predicted octanol–water partition coefficient (Wildman–Crippen LogP) is 2.58. The molecule has 122 valence electrons. The molecule has 5 heteroatoms. The van der Waals surface area contributed by atoms with E-state index in [1.54, 1.807) is 29.2 Å². The molecule has 1 aliphatic heterocycles. The highest BCUT2D eigenvalue weighted by molar-refractivity contribution is 6.52. The molecule has 0 N–H and O–H groups in total. The average Bonchev–Trinajstić information content (AvgIpc) is 2.81. The number of aryl methyl sites for hydroxylation is 1. The third-order valence-corrected chi connectivity index (χ3v) is 4.10. The van der Waals surface area contributed by atoms with Gasteiger partial charge in [0.2, 0.25) is 5.91 Å². The van der Waals surface area contributed by atoms with E-state index < -0.39 is 11.7 Å².